The van der Waals surface area contributed by atoms with Crippen LogP contribution in [-0.2, 0) is 6.61 Å². The molecule has 0 atom stereocenters. The number of aromatic amines is 1. The van der Waals surface area contributed by atoms with Crippen LogP contribution in [0.1, 0.15) is 16.1 Å². The molecule has 0 amide bonds. The summed E-state index contributed by atoms with van der Waals surface area (Å²) in [5.41, 5.74) is 0.590. The van der Waals surface area contributed by atoms with Gasteiger partial charge in [-0.2, -0.15) is 5.10 Å². The van der Waals surface area contributed by atoms with Crippen LogP contribution in [-0.4, -0.2) is 21.3 Å². The minimum atomic E-state index is -1.01. The highest BCUT2D eigenvalue weighted by molar-refractivity contribution is 5.88. The van der Waals surface area contributed by atoms with E-state index in [1.807, 2.05) is 18.2 Å². The Kier molecular flexibility index (Phi) is 2.86. The van der Waals surface area contributed by atoms with E-state index in [1.54, 1.807) is 12.1 Å². The first-order chi connectivity index (χ1) is 7.77. The SMILES string of the molecule is O=C(O)c1cn[nH]c1COc1ccccc1. The van der Waals surface area contributed by atoms with Gasteiger partial charge in [0.05, 0.1) is 11.9 Å². The number of rotatable bonds is 4. The van der Waals surface area contributed by atoms with E-state index < -0.39 is 5.97 Å². The molecule has 0 saturated carbocycles. The Morgan fingerprint density at radius 1 is 1.38 bits per heavy atom. The van der Waals surface area contributed by atoms with Crippen molar-refractivity contribution < 1.29 is 14.6 Å². The summed E-state index contributed by atoms with van der Waals surface area (Å²) in [6.45, 7) is 0.158. The zero-order valence-electron chi connectivity index (χ0n) is 8.38. The Labute approximate surface area is 91.7 Å². The molecule has 0 spiro atoms. The molecule has 0 unspecified atom stereocenters. The first-order valence-corrected chi connectivity index (χ1v) is 4.71. The van der Waals surface area contributed by atoms with Crippen molar-refractivity contribution in [3.8, 4) is 5.75 Å². The van der Waals surface area contributed by atoms with Gasteiger partial charge in [0, 0.05) is 0 Å². The molecule has 5 nitrogen and oxygen atoms in total. The number of benzene rings is 1. The highest BCUT2D eigenvalue weighted by Gasteiger charge is 2.12. The Morgan fingerprint density at radius 2 is 2.12 bits per heavy atom. The summed E-state index contributed by atoms with van der Waals surface area (Å²) >= 11 is 0. The van der Waals surface area contributed by atoms with Crippen molar-refractivity contribution in [1.29, 1.82) is 0 Å². The van der Waals surface area contributed by atoms with E-state index in [0.29, 0.717) is 11.4 Å². The van der Waals surface area contributed by atoms with Gasteiger partial charge in [-0.15, -0.1) is 0 Å². The number of carboxylic acids is 1. The zero-order valence-corrected chi connectivity index (χ0v) is 8.38. The van der Waals surface area contributed by atoms with E-state index in [9.17, 15) is 4.79 Å². The van der Waals surface area contributed by atoms with Crippen molar-refractivity contribution in [2.75, 3.05) is 0 Å². The predicted molar refractivity (Wildman–Crippen MR) is 56.3 cm³/mol. The summed E-state index contributed by atoms with van der Waals surface area (Å²) in [5.74, 6) is -0.325. The largest absolute Gasteiger partial charge is 0.487 e. The summed E-state index contributed by atoms with van der Waals surface area (Å²) in [5, 5.41) is 15.1. The molecule has 2 N–H and O–H groups in total. The van der Waals surface area contributed by atoms with Gasteiger partial charge >= 0.3 is 5.97 Å². The number of carboxylic acid groups (broad SMARTS) is 1. The lowest BCUT2D eigenvalue weighted by molar-refractivity contribution is 0.0694. The second-order valence-corrected chi connectivity index (χ2v) is 3.17. The number of H-pyrrole nitrogens is 1. The van der Waals surface area contributed by atoms with Gasteiger partial charge in [0.15, 0.2) is 0 Å². The normalized spacial score (nSPS) is 10.0. The number of hydrogen-bond acceptors (Lipinski definition) is 3. The third kappa shape index (κ3) is 2.20. The van der Waals surface area contributed by atoms with Gasteiger partial charge in [-0.05, 0) is 12.1 Å². The second-order valence-electron chi connectivity index (χ2n) is 3.17. The number of aromatic carboxylic acids is 1. The van der Waals surface area contributed by atoms with E-state index in [1.165, 1.54) is 6.20 Å². The molecule has 0 aliphatic heterocycles. The predicted octanol–water partition coefficient (Wildman–Crippen LogP) is 1.69. The van der Waals surface area contributed by atoms with Crippen LogP contribution in [0.4, 0.5) is 0 Å². The van der Waals surface area contributed by atoms with Crippen molar-refractivity contribution in [1.82, 2.24) is 10.2 Å². The summed E-state index contributed by atoms with van der Waals surface area (Å²) in [7, 11) is 0. The Balaban J connectivity index is 2.05. The van der Waals surface area contributed by atoms with E-state index in [-0.39, 0.29) is 12.2 Å². The second kappa shape index (κ2) is 4.48. The van der Waals surface area contributed by atoms with Gasteiger partial charge < -0.3 is 9.84 Å². The Hall–Kier alpha value is -2.30. The molecule has 0 aliphatic rings. The van der Waals surface area contributed by atoms with Crippen LogP contribution in [0.3, 0.4) is 0 Å². The van der Waals surface area contributed by atoms with Crippen molar-refractivity contribution in [2.45, 2.75) is 6.61 Å². The lowest BCUT2D eigenvalue weighted by atomic mass is 10.2. The number of nitrogens with one attached hydrogen (secondary N) is 1. The van der Waals surface area contributed by atoms with Crippen LogP contribution in [0.2, 0.25) is 0 Å². The van der Waals surface area contributed by atoms with Crippen molar-refractivity contribution in [2.24, 2.45) is 0 Å². The van der Waals surface area contributed by atoms with E-state index in [0.717, 1.165) is 0 Å². The van der Waals surface area contributed by atoms with Gasteiger partial charge in [0.25, 0.3) is 0 Å². The Bertz CT molecular complexity index is 479. The molecule has 1 aromatic carbocycles. The van der Waals surface area contributed by atoms with Crippen LogP contribution in [0.15, 0.2) is 36.5 Å². The molecule has 0 fully saturated rings. The highest BCUT2D eigenvalue weighted by atomic mass is 16.5. The highest BCUT2D eigenvalue weighted by Crippen LogP contribution is 2.12. The minimum absolute atomic E-state index is 0.135. The molecule has 0 aliphatic carbocycles. The maximum Gasteiger partial charge on any atom is 0.339 e. The summed E-state index contributed by atoms with van der Waals surface area (Å²) < 4.78 is 5.41. The number of para-hydroxylation sites is 1. The van der Waals surface area contributed by atoms with Crippen molar-refractivity contribution in [3.63, 3.8) is 0 Å². The third-order valence-electron chi connectivity index (χ3n) is 2.08. The van der Waals surface area contributed by atoms with Gasteiger partial charge in [0.2, 0.25) is 0 Å². The van der Waals surface area contributed by atoms with Crippen LogP contribution in [0, 0.1) is 0 Å². The van der Waals surface area contributed by atoms with E-state index in [4.69, 9.17) is 9.84 Å². The fraction of sp³-hybridized carbons (Fsp3) is 0.0909. The van der Waals surface area contributed by atoms with E-state index in [2.05, 4.69) is 10.2 Å². The molecule has 82 valence electrons. The molecule has 1 heterocycles. The maximum absolute atomic E-state index is 10.8. The van der Waals surface area contributed by atoms with Crippen molar-refractivity contribution >= 4 is 5.97 Å². The van der Waals surface area contributed by atoms with Gasteiger partial charge in [-0.25, -0.2) is 4.79 Å². The number of ether oxygens (including phenoxy) is 1. The number of carbonyl (C=O) groups is 1. The summed E-state index contributed by atoms with van der Waals surface area (Å²) in [6.07, 6.45) is 1.27. The average Bonchev–Trinajstić information content (AvgIpc) is 2.76. The van der Waals surface area contributed by atoms with Gasteiger partial charge in [-0.1, -0.05) is 18.2 Å². The molecule has 2 aromatic rings. The van der Waals surface area contributed by atoms with Crippen LogP contribution in [0.5, 0.6) is 5.75 Å². The number of nitrogens with zero attached hydrogens (tertiary/aromatic N) is 1. The number of hydrogen-bond donors (Lipinski definition) is 2. The van der Waals surface area contributed by atoms with Gasteiger partial charge in [0.1, 0.15) is 17.9 Å². The smallest absolute Gasteiger partial charge is 0.339 e. The summed E-state index contributed by atoms with van der Waals surface area (Å²) in [6, 6.07) is 9.18. The molecule has 2 rings (SSSR count). The van der Waals surface area contributed by atoms with Crippen LogP contribution < -0.4 is 4.74 Å². The third-order valence-corrected chi connectivity index (χ3v) is 2.08. The molecular formula is C11H10N2O3. The van der Waals surface area contributed by atoms with Crippen LogP contribution >= 0.6 is 0 Å². The lowest BCUT2D eigenvalue weighted by Gasteiger charge is -2.04. The Morgan fingerprint density at radius 3 is 2.81 bits per heavy atom. The fourth-order valence-corrected chi connectivity index (χ4v) is 1.28. The first-order valence-electron chi connectivity index (χ1n) is 4.71. The molecule has 0 saturated heterocycles. The quantitative estimate of drug-likeness (QED) is 0.818. The molecule has 0 bridgehead atoms. The topological polar surface area (TPSA) is 75.2 Å². The van der Waals surface area contributed by atoms with E-state index >= 15 is 0 Å². The first kappa shape index (κ1) is 10.2. The monoisotopic (exact) mass is 218 g/mol. The number of aromatic nitrogens is 2. The molecule has 5 heteroatoms. The fourth-order valence-electron chi connectivity index (χ4n) is 1.28. The molecule has 1 aromatic heterocycles. The molecule has 0 radical (unpaired) electrons. The van der Waals surface area contributed by atoms with Crippen molar-refractivity contribution in [3.05, 3.63) is 47.8 Å². The zero-order chi connectivity index (χ0) is 11.4. The standard InChI is InChI=1S/C11H10N2O3/c14-11(15)9-6-12-13-10(9)7-16-8-4-2-1-3-5-8/h1-6H,7H2,(H,12,13)(H,14,15). The van der Waals surface area contributed by atoms with Gasteiger partial charge in [-0.3, -0.25) is 5.10 Å². The average molecular weight is 218 g/mol. The minimum Gasteiger partial charge on any atom is -0.487 e. The lowest BCUT2D eigenvalue weighted by Crippen LogP contribution is -2.03. The molecule has 16 heavy (non-hydrogen) atoms. The summed E-state index contributed by atoms with van der Waals surface area (Å²) in [4.78, 5) is 10.8. The molecular weight excluding hydrogens is 208 g/mol. The van der Waals surface area contributed by atoms with Crippen LogP contribution in [0.25, 0.3) is 0 Å². The maximum atomic E-state index is 10.8.